The minimum absolute atomic E-state index is 0.179. The Kier molecular flexibility index (Phi) is 5.74. The lowest BCUT2D eigenvalue weighted by molar-refractivity contribution is -0.134. The Balaban J connectivity index is 1.44. The first kappa shape index (κ1) is 17.2. The lowest BCUT2D eigenvalue weighted by Crippen LogP contribution is -2.48. The summed E-state index contributed by atoms with van der Waals surface area (Å²) >= 11 is 0. The fourth-order valence-corrected chi connectivity index (χ4v) is 3.56. The molecule has 0 saturated carbocycles. The molecule has 1 amide bonds. The largest absolute Gasteiger partial charge is 0.490 e. The van der Waals surface area contributed by atoms with Crippen molar-refractivity contribution in [3.05, 3.63) is 29.8 Å². The number of nitrogens with zero attached hydrogens (tertiary/aromatic N) is 2. The molecule has 2 heterocycles. The zero-order valence-electron chi connectivity index (χ0n) is 14.5. The first-order chi connectivity index (χ1) is 11.6. The van der Waals surface area contributed by atoms with E-state index in [2.05, 4.69) is 17.9 Å². The van der Waals surface area contributed by atoms with E-state index in [-0.39, 0.29) is 18.1 Å². The average Bonchev–Trinajstić information content (AvgIpc) is 2.57. The minimum atomic E-state index is -0.278. The molecule has 0 spiro atoms. The van der Waals surface area contributed by atoms with E-state index in [1.165, 1.54) is 0 Å². The number of carbonyl (C=O) groups is 1. The molecule has 1 atom stereocenters. The molecule has 2 fully saturated rings. The highest BCUT2D eigenvalue weighted by atomic mass is 16.5. The molecular formula is C19H28N2O3. The van der Waals surface area contributed by atoms with E-state index in [9.17, 15) is 9.90 Å². The van der Waals surface area contributed by atoms with Crippen LogP contribution >= 0.6 is 0 Å². The summed E-state index contributed by atoms with van der Waals surface area (Å²) in [6.07, 6.45) is 3.49. The predicted molar refractivity (Wildman–Crippen MR) is 93.1 cm³/mol. The Morgan fingerprint density at radius 3 is 2.67 bits per heavy atom. The van der Waals surface area contributed by atoms with Crippen LogP contribution in [0.1, 0.15) is 31.2 Å². The van der Waals surface area contributed by atoms with Crippen molar-refractivity contribution in [2.45, 2.75) is 44.8 Å². The number of β-amino-alcohol motifs (C(OH)–C–C–N with tert-alkyl or cyclic N) is 1. The molecule has 2 aliphatic heterocycles. The standard InChI is InChI=1S/C19H28N2O3/c1-15-5-2-3-7-18(15)24-17-8-11-21(12-9-17)19(23)14-20-10-4-6-16(22)13-20/h2-3,5,7,16-17,22H,4,6,8-14H2,1H3/t16-/m0/s1. The number of amides is 1. The van der Waals surface area contributed by atoms with Crippen molar-refractivity contribution in [3.63, 3.8) is 0 Å². The Bertz CT molecular complexity index is 555. The summed E-state index contributed by atoms with van der Waals surface area (Å²) in [5.41, 5.74) is 1.15. The SMILES string of the molecule is Cc1ccccc1OC1CCN(C(=O)CN2CCC[C@H](O)C2)CC1. The number of piperidine rings is 2. The molecule has 0 aliphatic carbocycles. The van der Waals surface area contributed by atoms with E-state index >= 15 is 0 Å². The van der Waals surface area contributed by atoms with Gasteiger partial charge in [-0.3, -0.25) is 9.69 Å². The summed E-state index contributed by atoms with van der Waals surface area (Å²) in [6, 6.07) is 8.07. The van der Waals surface area contributed by atoms with Gasteiger partial charge in [-0.25, -0.2) is 0 Å². The number of benzene rings is 1. The molecule has 5 heteroatoms. The van der Waals surface area contributed by atoms with Gasteiger partial charge in [0.15, 0.2) is 0 Å². The zero-order chi connectivity index (χ0) is 16.9. The number of carbonyl (C=O) groups excluding carboxylic acids is 1. The number of aryl methyl sites for hydroxylation is 1. The lowest BCUT2D eigenvalue weighted by Gasteiger charge is -2.35. The van der Waals surface area contributed by atoms with E-state index < -0.39 is 0 Å². The molecule has 0 radical (unpaired) electrons. The summed E-state index contributed by atoms with van der Waals surface area (Å²) in [6.45, 7) is 5.53. The van der Waals surface area contributed by atoms with Crippen LogP contribution in [0.3, 0.4) is 0 Å². The average molecular weight is 332 g/mol. The summed E-state index contributed by atoms with van der Waals surface area (Å²) in [7, 11) is 0. The second-order valence-corrected chi connectivity index (χ2v) is 6.99. The number of likely N-dealkylation sites (tertiary alicyclic amines) is 2. The van der Waals surface area contributed by atoms with Crippen molar-refractivity contribution >= 4 is 5.91 Å². The second kappa shape index (κ2) is 7.99. The Hall–Kier alpha value is -1.59. The highest BCUT2D eigenvalue weighted by molar-refractivity contribution is 5.78. The molecule has 0 unspecified atom stereocenters. The number of aliphatic hydroxyl groups is 1. The third-order valence-electron chi connectivity index (χ3n) is 5.02. The smallest absolute Gasteiger partial charge is 0.236 e. The molecular weight excluding hydrogens is 304 g/mol. The zero-order valence-corrected chi connectivity index (χ0v) is 14.5. The van der Waals surface area contributed by atoms with Gasteiger partial charge in [0.05, 0.1) is 12.6 Å². The van der Waals surface area contributed by atoms with Gasteiger partial charge in [0.2, 0.25) is 5.91 Å². The molecule has 24 heavy (non-hydrogen) atoms. The maximum atomic E-state index is 12.5. The van der Waals surface area contributed by atoms with Crippen molar-refractivity contribution in [1.29, 1.82) is 0 Å². The fraction of sp³-hybridized carbons (Fsp3) is 0.632. The third-order valence-corrected chi connectivity index (χ3v) is 5.02. The fourth-order valence-electron chi connectivity index (χ4n) is 3.56. The first-order valence-corrected chi connectivity index (χ1v) is 9.02. The van der Waals surface area contributed by atoms with Gasteiger partial charge in [0.25, 0.3) is 0 Å². The van der Waals surface area contributed by atoms with Crippen LogP contribution in [-0.4, -0.2) is 65.7 Å². The van der Waals surface area contributed by atoms with Crippen LogP contribution in [0.5, 0.6) is 5.75 Å². The van der Waals surface area contributed by atoms with Gasteiger partial charge >= 0.3 is 0 Å². The number of hydrogen-bond donors (Lipinski definition) is 1. The molecule has 3 rings (SSSR count). The van der Waals surface area contributed by atoms with Crippen molar-refractivity contribution in [1.82, 2.24) is 9.80 Å². The third kappa shape index (κ3) is 4.48. The van der Waals surface area contributed by atoms with Crippen LogP contribution in [-0.2, 0) is 4.79 Å². The molecule has 0 aromatic heterocycles. The number of aliphatic hydroxyl groups excluding tert-OH is 1. The maximum absolute atomic E-state index is 12.5. The maximum Gasteiger partial charge on any atom is 0.236 e. The highest BCUT2D eigenvalue weighted by Gasteiger charge is 2.26. The quantitative estimate of drug-likeness (QED) is 0.914. The minimum Gasteiger partial charge on any atom is -0.490 e. The molecule has 1 aromatic rings. The summed E-state index contributed by atoms with van der Waals surface area (Å²) in [5.74, 6) is 1.13. The van der Waals surface area contributed by atoms with Crippen LogP contribution in [0.15, 0.2) is 24.3 Å². The van der Waals surface area contributed by atoms with Gasteiger partial charge in [0.1, 0.15) is 11.9 Å². The van der Waals surface area contributed by atoms with Crippen molar-refractivity contribution in [2.75, 3.05) is 32.7 Å². The second-order valence-electron chi connectivity index (χ2n) is 6.99. The van der Waals surface area contributed by atoms with Gasteiger partial charge in [0, 0.05) is 32.5 Å². The summed E-state index contributed by atoms with van der Waals surface area (Å²) in [4.78, 5) is 16.5. The predicted octanol–water partition coefficient (Wildman–Crippen LogP) is 1.82. The van der Waals surface area contributed by atoms with Crippen LogP contribution in [0, 0.1) is 6.92 Å². The number of para-hydroxylation sites is 1. The number of hydrogen-bond acceptors (Lipinski definition) is 4. The van der Waals surface area contributed by atoms with Crippen LogP contribution in [0.4, 0.5) is 0 Å². The Morgan fingerprint density at radius 1 is 1.21 bits per heavy atom. The topological polar surface area (TPSA) is 53.0 Å². The lowest BCUT2D eigenvalue weighted by atomic mass is 10.1. The van der Waals surface area contributed by atoms with E-state index in [4.69, 9.17) is 4.74 Å². The van der Waals surface area contributed by atoms with Gasteiger partial charge < -0.3 is 14.7 Å². The van der Waals surface area contributed by atoms with E-state index in [1.54, 1.807) is 0 Å². The highest BCUT2D eigenvalue weighted by Crippen LogP contribution is 2.22. The van der Waals surface area contributed by atoms with Crippen LogP contribution in [0.2, 0.25) is 0 Å². The van der Waals surface area contributed by atoms with E-state index in [0.717, 1.165) is 56.6 Å². The van der Waals surface area contributed by atoms with Gasteiger partial charge in [-0.2, -0.15) is 0 Å². The van der Waals surface area contributed by atoms with Crippen molar-refractivity contribution in [2.24, 2.45) is 0 Å². The molecule has 5 nitrogen and oxygen atoms in total. The van der Waals surface area contributed by atoms with Gasteiger partial charge in [-0.05, 0) is 37.9 Å². The van der Waals surface area contributed by atoms with Gasteiger partial charge in [-0.1, -0.05) is 18.2 Å². The van der Waals surface area contributed by atoms with E-state index in [1.807, 2.05) is 23.1 Å². The van der Waals surface area contributed by atoms with Crippen LogP contribution < -0.4 is 4.74 Å². The van der Waals surface area contributed by atoms with E-state index in [0.29, 0.717) is 13.1 Å². The molecule has 2 aliphatic rings. The molecule has 0 bridgehead atoms. The number of rotatable bonds is 4. The molecule has 1 aromatic carbocycles. The Labute approximate surface area is 144 Å². The monoisotopic (exact) mass is 332 g/mol. The van der Waals surface area contributed by atoms with Gasteiger partial charge in [-0.15, -0.1) is 0 Å². The first-order valence-electron chi connectivity index (χ1n) is 9.02. The normalized spacial score (nSPS) is 23.2. The summed E-state index contributed by atoms with van der Waals surface area (Å²) < 4.78 is 6.10. The van der Waals surface area contributed by atoms with Crippen molar-refractivity contribution in [3.8, 4) is 5.75 Å². The molecule has 1 N–H and O–H groups in total. The molecule has 2 saturated heterocycles. The number of ether oxygens (including phenoxy) is 1. The Morgan fingerprint density at radius 2 is 1.96 bits per heavy atom. The van der Waals surface area contributed by atoms with Crippen LogP contribution in [0.25, 0.3) is 0 Å². The molecule has 132 valence electrons. The summed E-state index contributed by atoms with van der Waals surface area (Å²) in [5, 5.41) is 9.72. The van der Waals surface area contributed by atoms with Crippen molar-refractivity contribution < 1.29 is 14.6 Å².